The van der Waals surface area contributed by atoms with Crippen molar-refractivity contribution in [2.24, 2.45) is 0 Å². The standard InChI is InChI=1S/C12H15ClO3/c1-3-6-15-12(14)8-16-11-5-4-10(13)7-9(11)2/h4-5,7H,3,6,8H2,1-2H3. The molecule has 0 fully saturated rings. The fraction of sp³-hybridized carbons (Fsp3) is 0.417. The molecule has 0 heterocycles. The molecule has 88 valence electrons. The number of rotatable bonds is 5. The molecule has 3 nitrogen and oxygen atoms in total. The van der Waals surface area contributed by atoms with Crippen LogP contribution in [0.3, 0.4) is 0 Å². The molecule has 0 aliphatic carbocycles. The van der Waals surface area contributed by atoms with Crippen LogP contribution in [0.25, 0.3) is 0 Å². The molecule has 0 saturated carbocycles. The zero-order chi connectivity index (χ0) is 12.0. The van der Waals surface area contributed by atoms with Crippen LogP contribution < -0.4 is 4.74 Å². The third-order valence-corrected chi connectivity index (χ3v) is 2.18. The highest BCUT2D eigenvalue weighted by atomic mass is 35.5. The molecule has 0 aliphatic rings. The molecule has 0 spiro atoms. The van der Waals surface area contributed by atoms with E-state index in [1.54, 1.807) is 18.2 Å². The summed E-state index contributed by atoms with van der Waals surface area (Å²) in [5.41, 5.74) is 0.899. The summed E-state index contributed by atoms with van der Waals surface area (Å²) in [7, 11) is 0. The molecule has 1 aromatic rings. The van der Waals surface area contributed by atoms with Gasteiger partial charge in [0, 0.05) is 5.02 Å². The maximum atomic E-state index is 11.2. The van der Waals surface area contributed by atoms with Crippen molar-refractivity contribution < 1.29 is 14.3 Å². The van der Waals surface area contributed by atoms with E-state index < -0.39 is 0 Å². The van der Waals surface area contributed by atoms with Crippen molar-refractivity contribution in [3.8, 4) is 5.75 Å². The summed E-state index contributed by atoms with van der Waals surface area (Å²) in [5.74, 6) is 0.300. The Morgan fingerprint density at radius 1 is 1.44 bits per heavy atom. The average Bonchev–Trinajstić information content (AvgIpc) is 2.25. The summed E-state index contributed by atoms with van der Waals surface area (Å²) < 4.78 is 10.2. The Morgan fingerprint density at radius 3 is 2.81 bits per heavy atom. The van der Waals surface area contributed by atoms with Gasteiger partial charge in [-0.25, -0.2) is 4.79 Å². The van der Waals surface area contributed by atoms with E-state index in [1.807, 2.05) is 13.8 Å². The summed E-state index contributed by atoms with van der Waals surface area (Å²) in [6, 6.07) is 5.25. The van der Waals surface area contributed by atoms with E-state index in [4.69, 9.17) is 21.1 Å². The SMILES string of the molecule is CCCOC(=O)COc1ccc(Cl)cc1C. The zero-order valence-corrected chi connectivity index (χ0v) is 10.2. The summed E-state index contributed by atoms with van der Waals surface area (Å²) >= 11 is 5.80. The number of halogens is 1. The second-order valence-corrected chi connectivity index (χ2v) is 3.86. The second kappa shape index (κ2) is 6.38. The molecule has 1 aromatic carbocycles. The van der Waals surface area contributed by atoms with E-state index in [2.05, 4.69) is 0 Å². The van der Waals surface area contributed by atoms with Crippen molar-refractivity contribution in [1.29, 1.82) is 0 Å². The van der Waals surface area contributed by atoms with Crippen molar-refractivity contribution in [3.63, 3.8) is 0 Å². The maximum Gasteiger partial charge on any atom is 0.344 e. The van der Waals surface area contributed by atoms with Gasteiger partial charge in [0.15, 0.2) is 6.61 Å². The van der Waals surface area contributed by atoms with Gasteiger partial charge in [-0.15, -0.1) is 0 Å². The number of benzene rings is 1. The zero-order valence-electron chi connectivity index (χ0n) is 9.46. The van der Waals surface area contributed by atoms with Gasteiger partial charge in [0.05, 0.1) is 6.61 Å². The first-order valence-electron chi connectivity index (χ1n) is 5.18. The van der Waals surface area contributed by atoms with Gasteiger partial charge in [-0.1, -0.05) is 18.5 Å². The molecule has 0 atom stereocenters. The largest absolute Gasteiger partial charge is 0.482 e. The molecular weight excluding hydrogens is 228 g/mol. The molecule has 1 rings (SSSR count). The minimum atomic E-state index is -0.351. The van der Waals surface area contributed by atoms with Crippen LogP contribution >= 0.6 is 11.6 Å². The molecule has 0 aliphatic heterocycles. The van der Waals surface area contributed by atoms with Crippen molar-refractivity contribution in [2.45, 2.75) is 20.3 Å². The average molecular weight is 243 g/mol. The fourth-order valence-corrected chi connectivity index (χ4v) is 1.40. The van der Waals surface area contributed by atoms with Gasteiger partial charge >= 0.3 is 5.97 Å². The Labute approximate surface area is 100 Å². The van der Waals surface area contributed by atoms with Crippen LogP contribution in [0.4, 0.5) is 0 Å². The van der Waals surface area contributed by atoms with Crippen LogP contribution in [0.2, 0.25) is 5.02 Å². The number of esters is 1. The quantitative estimate of drug-likeness (QED) is 0.745. The minimum Gasteiger partial charge on any atom is -0.482 e. The third kappa shape index (κ3) is 4.11. The van der Waals surface area contributed by atoms with E-state index in [1.165, 1.54) is 0 Å². The van der Waals surface area contributed by atoms with Crippen LogP contribution in [0, 0.1) is 6.92 Å². The number of hydrogen-bond donors (Lipinski definition) is 0. The summed E-state index contributed by atoms with van der Waals surface area (Å²) in [6.07, 6.45) is 0.811. The van der Waals surface area contributed by atoms with Crippen LogP contribution in [0.15, 0.2) is 18.2 Å². The van der Waals surface area contributed by atoms with Crippen LogP contribution in [0.5, 0.6) is 5.75 Å². The third-order valence-electron chi connectivity index (χ3n) is 1.95. The highest BCUT2D eigenvalue weighted by molar-refractivity contribution is 6.30. The summed E-state index contributed by atoms with van der Waals surface area (Å²) in [6.45, 7) is 4.18. The molecule has 0 saturated heterocycles. The number of carbonyl (C=O) groups is 1. The normalized spacial score (nSPS) is 9.94. The van der Waals surface area contributed by atoms with Gasteiger partial charge in [-0.2, -0.15) is 0 Å². The molecule has 0 radical (unpaired) electrons. The fourth-order valence-electron chi connectivity index (χ4n) is 1.17. The first-order valence-corrected chi connectivity index (χ1v) is 5.56. The highest BCUT2D eigenvalue weighted by Gasteiger charge is 2.05. The summed E-state index contributed by atoms with van der Waals surface area (Å²) in [4.78, 5) is 11.2. The molecular formula is C12H15ClO3. The van der Waals surface area contributed by atoms with E-state index in [0.717, 1.165) is 12.0 Å². The first-order chi connectivity index (χ1) is 7.63. The Hall–Kier alpha value is -1.22. The molecule has 0 unspecified atom stereocenters. The first kappa shape index (κ1) is 12.8. The molecule has 16 heavy (non-hydrogen) atoms. The predicted octanol–water partition coefficient (Wildman–Crippen LogP) is 2.98. The number of carbonyl (C=O) groups excluding carboxylic acids is 1. The van der Waals surface area contributed by atoms with Crippen molar-refractivity contribution in [3.05, 3.63) is 28.8 Å². The molecule has 0 amide bonds. The van der Waals surface area contributed by atoms with E-state index in [0.29, 0.717) is 17.4 Å². The van der Waals surface area contributed by atoms with Gasteiger partial charge in [0.25, 0.3) is 0 Å². The number of ether oxygens (including phenoxy) is 2. The molecule has 0 bridgehead atoms. The molecule has 0 aromatic heterocycles. The van der Waals surface area contributed by atoms with Gasteiger partial charge in [0.2, 0.25) is 0 Å². The van der Waals surface area contributed by atoms with Gasteiger partial charge < -0.3 is 9.47 Å². The van der Waals surface area contributed by atoms with E-state index in [-0.39, 0.29) is 12.6 Å². The van der Waals surface area contributed by atoms with Crippen LogP contribution in [-0.2, 0) is 9.53 Å². The van der Waals surface area contributed by atoms with Gasteiger partial charge in [-0.3, -0.25) is 0 Å². The molecule has 0 N–H and O–H groups in total. The van der Waals surface area contributed by atoms with E-state index in [9.17, 15) is 4.79 Å². The Kier molecular flexibility index (Phi) is 5.12. The van der Waals surface area contributed by atoms with E-state index >= 15 is 0 Å². The van der Waals surface area contributed by atoms with Crippen molar-refractivity contribution >= 4 is 17.6 Å². The Balaban J connectivity index is 2.45. The predicted molar refractivity (Wildman–Crippen MR) is 62.9 cm³/mol. The topological polar surface area (TPSA) is 35.5 Å². The van der Waals surface area contributed by atoms with Crippen LogP contribution in [-0.4, -0.2) is 19.2 Å². The van der Waals surface area contributed by atoms with Gasteiger partial charge in [0.1, 0.15) is 5.75 Å². The minimum absolute atomic E-state index is 0.0670. The van der Waals surface area contributed by atoms with Gasteiger partial charge in [-0.05, 0) is 37.1 Å². The maximum absolute atomic E-state index is 11.2. The second-order valence-electron chi connectivity index (χ2n) is 3.42. The Bertz CT molecular complexity index is 363. The lowest BCUT2D eigenvalue weighted by Gasteiger charge is -2.08. The van der Waals surface area contributed by atoms with Crippen LogP contribution in [0.1, 0.15) is 18.9 Å². The lowest BCUT2D eigenvalue weighted by Crippen LogP contribution is -2.15. The smallest absolute Gasteiger partial charge is 0.344 e. The Morgan fingerprint density at radius 2 is 2.19 bits per heavy atom. The molecule has 4 heteroatoms. The van der Waals surface area contributed by atoms with Crippen molar-refractivity contribution in [2.75, 3.05) is 13.2 Å². The monoisotopic (exact) mass is 242 g/mol. The summed E-state index contributed by atoms with van der Waals surface area (Å²) in [5, 5.41) is 0.651. The number of hydrogen-bond acceptors (Lipinski definition) is 3. The lowest BCUT2D eigenvalue weighted by atomic mass is 10.2. The lowest BCUT2D eigenvalue weighted by molar-refractivity contribution is -0.146. The van der Waals surface area contributed by atoms with Crippen molar-refractivity contribution in [1.82, 2.24) is 0 Å². The number of aryl methyl sites for hydroxylation is 1. The highest BCUT2D eigenvalue weighted by Crippen LogP contribution is 2.21.